The fraction of sp³-hybridized carbons (Fsp3) is 0.625. The van der Waals surface area contributed by atoms with E-state index >= 15 is 0 Å². The smallest absolute Gasteiger partial charge is 0.0841 e. The summed E-state index contributed by atoms with van der Waals surface area (Å²) in [6, 6.07) is 8.43. The molecule has 2 heteroatoms. The molecule has 3 atom stereocenters. The van der Waals surface area contributed by atoms with E-state index in [2.05, 4.69) is 38.1 Å². The van der Waals surface area contributed by atoms with E-state index < -0.39 is 0 Å². The monoisotopic (exact) mass is 248 g/mol. The number of unbranched alkanes of at least 4 members (excludes halogenated alkanes) is 1. The summed E-state index contributed by atoms with van der Waals surface area (Å²) in [6.45, 7) is 4.96. The van der Waals surface area contributed by atoms with E-state index in [1.54, 1.807) is 0 Å². The van der Waals surface area contributed by atoms with E-state index in [1.807, 2.05) is 0 Å². The Morgan fingerprint density at radius 2 is 2.06 bits per heavy atom. The van der Waals surface area contributed by atoms with E-state index in [0.717, 1.165) is 18.4 Å². The molecule has 1 aromatic rings. The molecule has 3 unspecified atom stereocenters. The number of hydrogen-bond acceptors (Lipinski definition) is 2. The minimum atomic E-state index is -0.379. The van der Waals surface area contributed by atoms with Crippen LogP contribution < -0.4 is 0 Å². The van der Waals surface area contributed by atoms with Crippen molar-refractivity contribution in [2.75, 3.05) is 6.61 Å². The van der Waals surface area contributed by atoms with Crippen LogP contribution in [-0.2, 0) is 11.2 Å². The van der Waals surface area contributed by atoms with Crippen LogP contribution in [0.15, 0.2) is 24.3 Å². The molecule has 1 heterocycles. The molecule has 1 N–H and O–H groups in total. The van der Waals surface area contributed by atoms with Crippen LogP contribution in [0.5, 0.6) is 0 Å². The number of benzene rings is 1. The summed E-state index contributed by atoms with van der Waals surface area (Å²) in [5.74, 6) is 0.251. The van der Waals surface area contributed by atoms with Gasteiger partial charge < -0.3 is 9.84 Å². The molecule has 1 aromatic carbocycles. The van der Waals surface area contributed by atoms with Gasteiger partial charge in [-0.1, -0.05) is 37.6 Å². The zero-order valence-corrected chi connectivity index (χ0v) is 11.4. The van der Waals surface area contributed by atoms with Crippen LogP contribution >= 0.6 is 0 Å². The van der Waals surface area contributed by atoms with Crippen molar-refractivity contribution in [3.05, 3.63) is 35.4 Å². The molecule has 0 saturated carbocycles. The molecular weight excluding hydrogens is 224 g/mol. The zero-order chi connectivity index (χ0) is 13.0. The Morgan fingerprint density at radius 1 is 1.33 bits per heavy atom. The van der Waals surface area contributed by atoms with Gasteiger partial charge in [0.2, 0.25) is 0 Å². The highest BCUT2D eigenvalue weighted by atomic mass is 16.5. The Morgan fingerprint density at radius 3 is 2.61 bits per heavy atom. The molecule has 18 heavy (non-hydrogen) atoms. The van der Waals surface area contributed by atoms with Gasteiger partial charge >= 0.3 is 0 Å². The first-order valence-corrected chi connectivity index (χ1v) is 7.09. The Hall–Kier alpha value is -0.860. The van der Waals surface area contributed by atoms with Gasteiger partial charge in [-0.25, -0.2) is 0 Å². The molecule has 0 bridgehead atoms. The second-order valence-electron chi connectivity index (χ2n) is 5.43. The molecule has 1 saturated heterocycles. The predicted octanol–water partition coefficient (Wildman–Crippen LogP) is 3.49. The van der Waals surface area contributed by atoms with Gasteiger partial charge in [0.05, 0.1) is 18.8 Å². The highest BCUT2D eigenvalue weighted by Gasteiger charge is 2.29. The first kappa shape index (κ1) is 13.6. The van der Waals surface area contributed by atoms with E-state index in [0.29, 0.717) is 6.61 Å². The van der Waals surface area contributed by atoms with Gasteiger partial charge in [0, 0.05) is 5.92 Å². The van der Waals surface area contributed by atoms with Gasteiger partial charge in [-0.15, -0.1) is 0 Å². The highest BCUT2D eigenvalue weighted by molar-refractivity contribution is 5.24. The lowest BCUT2D eigenvalue weighted by Crippen LogP contribution is -2.12. The summed E-state index contributed by atoms with van der Waals surface area (Å²) in [4.78, 5) is 0. The summed E-state index contributed by atoms with van der Waals surface area (Å²) < 4.78 is 5.52. The van der Waals surface area contributed by atoms with Gasteiger partial charge in [0.15, 0.2) is 0 Å². The minimum Gasteiger partial charge on any atom is -0.388 e. The molecule has 0 aromatic heterocycles. The first-order valence-electron chi connectivity index (χ1n) is 7.09. The van der Waals surface area contributed by atoms with Gasteiger partial charge in [-0.2, -0.15) is 0 Å². The van der Waals surface area contributed by atoms with Gasteiger partial charge in [0.1, 0.15) is 0 Å². The SMILES string of the molecule is CCCCc1ccc(C(O)C2COC(C)C2)cc1. The maximum absolute atomic E-state index is 10.3. The topological polar surface area (TPSA) is 29.5 Å². The van der Waals surface area contributed by atoms with E-state index in [1.165, 1.54) is 18.4 Å². The van der Waals surface area contributed by atoms with Crippen molar-refractivity contribution >= 4 is 0 Å². The lowest BCUT2D eigenvalue weighted by atomic mass is 9.93. The molecule has 0 amide bonds. The fourth-order valence-electron chi connectivity index (χ4n) is 2.60. The standard InChI is InChI=1S/C16H24O2/c1-3-4-5-13-6-8-14(9-7-13)16(17)15-10-12(2)18-11-15/h6-9,12,15-17H,3-5,10-11H2,1-2H3. The van der Waals surface area contributed by atoms with Gasteiger partial charge in [-0.05, 0) is 37.3 Å². The number of aryl methyl sites for hydroxylation is 1. The average Bonchev–Trinajstić information content (AvgIpc) is 2.83. The third-order valence-electron chi connectivity index (χ3n) is 3.82. The lowest BCUT2D eigenvalue weighted by molar-refractivity contribution is 0.0804. The van der Waals surface area contributed by atoms with Gasteiger partial charge in [-0.3, -0.25) is 0 Å². The van der Waals surface area contributed by atoms with Crippen molar-refractivity contribution in [1.29, 1.82) is 0 Å². The van der Waals surface area contributed by atoms with E-state index in [-0.39, 0.29) is 18.1 Å². The largest absolute Gasteiger partial charge is 0.388 e. The quantitative estimate of drug-likeness (QED) is 0.864. The van der Waals surface area contributed by atoms with Crippen LogP contribution in [0.25, 0.3) is 0 Å². The van der Waals surface area contributed by atoms with Crippen LogP contribution in [-0.4, -0.2) is 17.8 Å². The van der Waals surface area contributed by atoms with Gasteiger partial charge in [0.25, 0.3) is 0 Å². The molecular formula is C16H24O2. The van der Waals surface area contributed by atoms with E-state index in [9.17, 15) is 5.11 Å². The number of rotatable bonds is 5. The average molecular weight is 248 g/mol. The second-order valence-corrected chi connectivity index (χ2v) is 5.43. The van der Waals surface area contributed by atoms with Crippen LogP contribution in [0.3, 0.4) is 0 Å². The Labute approximate surface area is 110 Å². The summed E-state index contributed by atoms with van der Waals surface area (Å²) in [5, 5.41) is 10.3. The molecule has 0 radical (unpaired) electrons. The molecule has 1 fully saturated rings. The molecule has 1 aliphatic rings. The molecule has 2 nitrogen and oxygen atoms in total. The Balaban J connectivity index is 1.96. The summed E-state index contributed by atoms with van der Waals surface area (Å²) in [6.07, 6.45) is 4.45. The number of aliphatic hydroxyl groups excluding tert-OH is 1. The Bertz CT molecular complexity index is 358. The van der Waals surface area contributed by atoms with Crippen molar-refractivity contribution in [2.24, 2.45) is 5.92 Å². The molecule has 100 valence electrons. The van der Waals surface area contributed by atoms with Crippen molar-refractivity contribution < 1.29 is 9.84 Å². The Kier molecular flexibility index (Phi) is 4.79. The minimum absolute atomic E-state index is 0.251. The summed E-state index contributed by atoms with van der Waals surface area (Å²) >= 11 is 0. The van der Waals surface area contributed by atoms with Crippen LogP contribution in [0.2, 0.25) is 0 Å². The summed E-state index contributed by atoms with van der Waals surface area (Å²) in [5.41, 5.74) is 2.39. The number of ether oxygens (including phenoxy) is 1. The fourth-order valence-corrected chi connectivity index (χ4v) is 2.60. The van der Waals surface area contributed by atoms with Crippen LogP contribution in [0, 0.1) is 5.92 Å². The predicted molar refractivity (Wildman–Crippen MR) is 73.5 cm³/mol. The van der Waals surface area contributed by atoms with Crippen molar-refractivity contribution in [1.82, 2.24) is 0 Å². The zero-order valence-electron chi connectivity index (χ0n) is 11.4. The third-order valence-corrected chi connectivity index (χ3v) is 3.82. The van der Waals surface area contributed by atoms with E-state index in [4.69, 9.17) is 4.74 Å². The van der Waals surface area contributed by atoms with Crippen molar-refractivity contribution in [2.45, 2.75) is 51.7 Å². The normalized spacial score (nSPS) is 25.3. The summed E-state index contributed by atoms with van der Waals surface area (Å²) in [7, 11) is 0. The van der Waals surface area contributed by atoms with Crippen LogP contribution in [0.4, 0.5) is 0 Å². The maximum Gasteiger partial charge on any atom is 0.0841 e. The second kappa shape index (κ2) is 6.35. The van der Waals surface area contributed by atoms with Crippen LogP contribution in [0.1, 0.15) is 50.3 Å². The highest BCUT2D eigenvalue weighted by Crippen LogP contribution is 2.31. The maximum atomic E-state index is 10.3. The van der Waals surface area contributed by atoms with Crippen molar-refractivity contribution in [3.63, 3.8) is 0 Å². The lowest BCUT2D eigenvalue weighted by Gasteiger charge is -2.17. The molecule has 0 spiro atoms. The van der Waals surface area contributed by atoms with Crippen molar-refractivity contribution in [3.8, 4) is 0 Å². The molecule has 0 aliphatic carbocycles. The first-order chi connectivity index (χ1) is 8.70. The number of hydrogen-bond donors (Lipinski definition) is 1. The molecule has 1 aliphatic heterocycles. The third kappa shape index (κ3) is 3.33. The molecule has 2 rings (SSSR count). The number of aliphatic hydroxyl groups is 1.